The standard InChI is InChI=1S/C17H18N2O4S/c20-24(21,16-3-4-17-13(10-16)6-9-22-17)19-8-5-15(12-19)23-14-2-1-7-18-11-14/h1-4,7,10-11,15H,5-6,8-9,12H2/t15-/m1/s1. The molecule has 0 spiro atoms. The predicted octanol–water partition coefficient (Wildman–Crippen LogP) is 1.86. The Kier molecular flexibility index (Phi) is 3.90. The average Bonchev–Trinajstić information content (AvgIpc) is 3.24. The van der Waals surface area contributed by atoms with Crippen LogP contribution in [0.2, 0.25) is 0 Å². The number of fused-ring (bicyclic) bond motifs is 1. The van der Waals surface area contributed by atoms with E-state index in [1.807, 2.05) is 6.07 Å². The molecule has 0 N–H and O–H groups in total. The normalized spacial score (nSPS) is 20.6. The van der Waals surface area contributed by atoms with Gasteiger partial charge in [-0.3, -0.25) is 4.98 Å². The van der Waals surface area contributed by atoms with Gasteiger partial charge in [0.2, 0.25) is 10.0 Å². The lowest BCUT2D eigenvalue weighted by atomic mass is 10.2. The Bertz CT molecular complexity index is 839. The van der Waals surface area contributed by atoms with Crippen LogP contribution in [0.1, 0.15) is 12.0 Å². The smallest absolute Gasteiger partial charge is 0.243 e. The van der Waals surface area contributed by atoms with Crippen molar-refractivity contribution in [3.05, 3.63) is 48.3 Å². The number of hydrogen-bond donors (Lipinski definition) is 0. The second kappa shape index (κ2) is 6.07. The van der Waals surface area contributed by atoms with Gasteiger partial charge in [-0.25, -0.2) is 8.42 Å². The highest BCUT2D eigenvalue weighted by Crippen LogP contribution is 2.30. The van der Waals surface area contributed by atoms with Crippen LogP contribution in [0.3, 0.4) is 0 Å². The molecular formula is C17H18N2O4S. The van der Waals surface area contributed by atoms with E-state index in [1.54, 1.807) is 36.7 Å². The van der Waals surface area contributed by atoms with Crippen molar-refractivity contribution in [1.82, 2.24) is 9.29 Å². The number of pyridine rings is 1. The molecule has 0 radical (unpaired) electrons. The van der Waals surface area contributed by atoms with E-state index < -0.39 is 10.0 Å². The van der Waals surface area contributed by atoms with Crippen LogP contribution in [0.5, 0.6) is 11.5 Å². The minimum absolute atomic E-state index is 0.151. The Balaban J connectivity index is 1.49. The minimum atomic E-state index is -3.50. The van der Waals surface area contributed by atoms with Gasteiger partial charge in [0, 0.05) is 19.2 Å². The quantitative estimate of drug-likeness (QED) is 0.845. The molecule has 24 heavy (non-hydrogen) atoms. The molecule has 2 aliphatic rings. The van der Waals surface area contributed by atoms with Crippen LogP contribution < -0.4 is 9.47 Å². The molecule has 0 unspecified atom stereocenters. The van der Waals surface area contributed by atoms with E-state index in [-0.39, 0.29) is 6.10 Å². The monoisotopic (exact) mass is 346 g/mol. The molecule has 0 aliphatic carbocycles. The van der Waals surface area contributed by atoms with Gasteiger partial charge in [-0.05, 0) is 42.3 Å². The first-order valence-corrected chi connectivity index (χ1v) is 9.39. The maximum atomic E-state index is 12.8. The van der Waals surface area contributed by atoms with Crippen LogP contribution in [0.15, 0.2) is 47.6 Å². The third-order valence-corrected chi connectivity index (χ3v) is 6.20. The molecule has 0 bridgehead atoms. The summed E-state index contributed by atoms with van der Waals surface area (Å²) in [6.07, 6.45) is 4.59. The highest BCUT2D eigenvalue weighted by molar-refractivity contribution is 7.89. The fourth-order valence-corrected chi connectivity index (χ4v) is 4.63. The zero-order valence-electron chi connectivity index (χ0n) is 13.1. The average molecular weight is 346 g/mol. The third-order valence-electron chi connectivity index (χ3n) is 4.34. The molecule has 4 rings (SSSR count). The molecule has 3 heterocycles. The number of benzene rings is 1. The van der Waals surface area contributed by atoms with Crippen molar-refractivity contribution in [1.29, 1.82) is 0 Å². The first kappa shape index (κ1) is 15.4. The molecule has 6 nitrogen and oxygen atoms in total. The van der Waals surface area contributed by atoms with E-state index >= 15 is 0 Å². The number of ether oxygens (including phenoxy) is 2. The van der Waals surface area contributed by atoms with E-state index in [9.17, 15) is 8.42 Å². The van der Waals surface area contributed by atoms with E-state index in [0.29, 0.717) is 36.8 Å². The maximum Gasteiger partial charge on any atom is 0.243 e. The molecule has 2 aliphatic heterocycles. The summed E-state index contributed by atoms with van der Waals surface area (Å²) in [5.74, 6) is 1.45. The van der Waals surface area contributed by atoms with Crippen molar-refractivity contribution in [3.8, 4) is 11.5 Å². The van der Waals surface area contributed by atoms with Crippen LogP contribution in [0, 0.1) is 0 Å². The lowest BCUT2D eigenvalue weighted by molar-refractivity contribution is 0.214. The van der Waals surface area contributed by atoms with Crippen LogP contribution in [-0.4, -0.2) is 43.5 Å². The van der Waals surface area contributed by atoms with E-state index in [1.165, 1.54) is 4.31 Å². The maximum absolute atomic E-state index is 12.8. The lowest BCUT2D eigenvalue weighted by Crippen LogP contribution is -2.31. The van der Waals surface area contributed by atoms with Gasteiger partial charge in [-0.2, -0.15) is 4.31 Å². The summed E-state index contributed by atoms with van der Waals surface area (Å²) in [7, 11) is -3.50. The highest BCUT2D eigenvalue weighted by Gasteiger charge is 2.34. The molecular weight excluding hydrogens is 328 g/mol. The van der Waals surface area contributed by atoms with Crippen molar-refractivity contribution in [2.75, 3.05) is 19.7 Å². The summed E-state index contributed by atoms with van der Waals surface area (Å²) in [5, 5.41) is 0. The Labute approximate surface area is 141 Å². The summed E-state index contributed by atoms with van der Waals surface area (Å²) >= 11 is 0. The Morgan fingerprint density at radius 3 is 3.04 bits per heavy atom. The highest BCUT2D eigenvalue weighted by atomic mass is 32.2. The Hall–Kier alpha value is -2.12. The van der Waals surface area contributed by atoms with Gasteiger partial charge >= 0.3 is 0 Å². The molecule has 1 aromatic carbocycles. The Morgan fingerprint density at radius 2 is 2.21 bits per heavy atom. The first-order valence-electron chi connectivity index (χ1n) is 7.95. The summed E-state index contributed by atoms with van der Waals surface area (Å²) in [6, 6.07) is 8.72. The van der Waals surface area contributed by atoms with Crippen molar-refractivity contribution in [3.63, 3.8) is 0 Å². The van der Waals surface area contributed by atoms with Crippen LogP contribution in [-0.2, 0) is 16.4 Å². The van der Waals surface area contributed by atoms with Crippen molar-refractivity contribution >= 4 is 10.0 Å². The van der Waals surface area contributed by atoms with E-state index in [0.717, 1.165) is 17.7 Å². The fourth-order valence-electron chi connectivity index (χ4n) is 3.09. The van der Waals surface area contributed by atoms with Gasteiger partial charge in [0.25, 0.3) is 0 Å². The molecule has 1 aromatic heterocycles. The number of sulfonamides is 1. The summed E-state index contributed by atoms with van der Waals surface area (Å²) < 4.78 is 38.5. The lowest BCUT2D eigenvalue weighted by Gasteiger charge is -2.17. The van der Waals surface area contributed by atoms with E-state index in [4.69, 9.17) is 9.47 Å². The van der Waals surface area contributed by atoms with Crippen LogP contribution in [0.4, 0.5) is 0 Å². The molecule has 2 aromatic rings. The second-order valence-electron chi connectivity index (χ2n) is 5.95. The predicted molar refractivity (Wildman–Crippen MR) is 87.7 cm³/mol. The van der Waals surface area contributed by atoms with Gasteiger partial charge < -0.3 is 9.47 Å². The molecule has 7 heteroatoms. The number of nitrogens with zero attached hydrogens (tertiary/aromatic N) is 2. The molecule has 126 valence electrons. The molecule has 1 fully saturated rings. The van der Waals surface area contributed by atoms with Crippen molar-refractivity contribution < 1.29 is 17.9 Å². The number of rotatable bonds is 4. The Morgan fingerprint density at radius 1 is 1.29 bits per heavy atom. The summed E-state index contributed by atoms with van der Waals surface area (Å²) in [4.78, 5) is 4.33. The molecule has 0 saturated carbocycles. The fraction of sp³-hybridized carbons (Fsp3) is 0.353. The first-order chi connectivity index (χ1) is 11.6. The molecule has 1 saturated heterocycles. The largest absolute Gasteiger partial charge is 0.493 e. The topological polar surface area (TPSA) is 68.7 Å². The SMILES string of the molecule is O=S(=O)(c1ccc2c(c1)CCO2)N1CC[C@@H](Oc2cccnc2)C1. The van der Waals surface area contributed by atoms with Crippen LogP contribution in [0.25, 0.3) is 0 Å². The number of aromatic nitrogens is 1. The summed E-state index contributed by atoms with van der Waals surface area (Å²) in [6.45, 7) is 1.43. The molecule has 1 atom stereocenters. The number of hydrogen-bond acceptors (Lipinski definition) is 5. The zero-order chi connectivity index (χ0) is 16.6. The second-order valence-corrected chi connectivity index (χ2v) is 7.89. The van der Waals surface area contributed by atoms with Gasteiger partial charge in [-0.1, -0.05) is 0 Å². The van der Waals surface area contributed by atoms with Gasteiger partial charge in [0.05, 0.1) is 24.2 Å². The van der Waals surface area contributed by atoms with E-state index in [2.05, 4.69) is 4.98 Å². The van der Waals surface area contributed by atoms with Gasteiger partial charge in [0.15, 0.2) is 0 Å². The van der Waals surface area contributed by atoms with Gasteiger partial charge in [-0.15, -0.1) is 0 Å². The third kappa shape index (κ3) is 2.85. The zero-order valence-corrected chi connectivity index (χ0v) is 13.9. The van der Waals surface area contributed by atoms with Crippen molar-refractivity contribution in [2.45, 2.75) is 23.8 Å². The van der Waals surface area contributed by atoms with Gasteiger partial charge in [0.1, 0.15) is 17.6 Å². The minimum Gasteiger partial charge on any atom is -0.493 e. The summed E-state index contributed by atoms with van der Waals surface area (Å²) in [5.41, 5.74) is 0.957. The molecule has 0 amide bonds. The van der Waals surface area contributed by atoms with Crippen LogP contribution >= 0.6 is 0 Å². The van der Waals surface area contributed by atoms with Crippen molar-refractivity contribution in [2.24, 2.45) is 0 Å².